The Morgan fingerprint density at radius 2 is 1.18 bits per heavy atom. The summed E-state index contributed by atoms with van der Waals surface area (Å²) in [6.45, 7) is 4.33. The first kappa shape index (κ1) is 34.6. The van der Waals surface area contributed by atoms with Gasteiger partial charge in [-0.25, -0.2) is 0 Å². The molecule has 0 aliphatic heterocycles. The minimum atomic E-state index is -0.812. The number of carboxylic acids is 1. The van der Waals surface area contributed by atoms with E-state index in [1.165, 1.54) is 11.1 Å². The molecule has 0 fully saturated rings. The van der Waals surface area contributed by atoms with Gasteiger partial charge in [-0.15, -0.1) is 0 Å². The fourth-order valence-corrected chi connectivity index (χ4v) is 6.39. The Balaban J connectivity index is 0.000000179. The van der Waals surface area contributed by atoms with Crippen molar-refractivity contribution in [2.24, 2.45) is 0 Å². The van der Waals surface area contributed by atoms with Crippen molar-refractivity contribution in [2.45, 2.75) is 39.4 Å². The predicted molar refractivity (Wildman–Crippen MR) is 205 cm³/mol. The Morgan fingerprint density at radius 3 is 1.80 bits per heavy atom. The molecule has 51 heavy (non-hydrogen) atoms. The molecule has 2 aromatic heterocycles. The second kappa shape index (κ2) is 16.4. The summed E-state index contributed by atoms with van der Waals surface area (Å²) in [6, 6.07) is 42.5. The van der Waals surface area contributed by atoms with Gasteiger partial charge in [0.25, 0.3) is 0 Å². The van der Waals surface area contributed by atoms with Crippen molar-refractivity contribution in [3.05, 3.63) is 168 Å². The van der Waals surface area contributed by atoms with Crippen LogP contribution in [0, 0.1) is 0 Å². The lowest BCUT2D eigenvalue weighted by Crippen LogP contribution is -2.07. The Hall–Kier alpha value is -6.28. The lowest BCUT2D eigenvalue weighted by molar-refractivity contribution is -0.142. The number of hydrogen-bond acceptors (Lipinski definition) is 5. The molecule has 0 unspecified atom stereocenters. The molecule has 0 saturated heterocycles. The molecule has 2 heterocycles. The van der Waals surface area contributed by atoms with Crippen molar-refractivity contribution in [3.8, 4) is 0 Å². The molecule has 0 amide bonds. The molecule has 4 N–H and O–H groups in total. The van der Waals surface area contributed by atoms with Gasteiger partial charge in [0, 0.05) is 65.2 Å². The number of carbonyl (C=O) groups excluding carboxylic acids is 1. The number of aliphatic carboxylic acids is 1. The third-order valence-corrected chi connectivity index (χ3v) is 8.80. The monoisotopic (exact) mass is 678 g/mol. The minimum Gasteiger partial charge on any atom is -0.481 e. The lowest BCUT2D eigenvalue weighted by Gasteiger charge is -2.13. The highest BCUT2D eigenvalue weighted by Crippen LogP contribution is 2.26. The Bertz CT molecular complexity index is 2250. The van der Waals surface area contributed by atoms with Gasteiger partial charge in [0.15, 0.2) is 0 Å². The van der Waals surface area contributed by atoms with E-state index in [0.717, 1.165) is 56.4 Å². The highest BCUT2D eigenvalue weighted by Gasteiger charge is 2.14. The quantitative estimate of drug-likeness (QED) is 0.0886. The molecule has 5 aromatic carbocycles. The number of para-hydroxylation sites is 4. The summed E-state index contributed by atoms with van der Waals surface area (Å²) in [7, 11) is 0. The standard InChI is InChI=1S/C24H22N2O2.C19H20N2O2/c27-24(28)14-20-17-26(23-13-7-5-11-21(20)23)16-19-10-4-6-12-22(19)25-15-18-8-2-1-3-9-18;1-2-23-19(22)11-15-13-21(18-10-6-4-8-16(15)18)12-14-7-3-5-9-17(14)20/h1-13,17,25H,14-16H2,(H,27,28);3-10,13H,2,11-12,20H2,1H3. The molecule has 8 nitrogen and oxygen atoms in total. The fourth-order valence-electron chi connectivity index (χ4n) is 6.39. The number of nitrogens with zero attached hydrogens (tertiary/aromatic N) is 2. The molecule has 7 aromatic rings. The molecule has 258 valence electrons. The van der Waals surface area contributed by atoms with Crippen LogP contribution in [0.1, 0.15) is 34.7 Å². The molecule has 0 aliphatic rings. The van der Waals surface area contributed by atoms with Gasteiger partial charge in [0.1, 0.15) is 0 Å². The summed E-state index contributed by atoms with van der Waals surface area (Å²) < 4.78 is 9.34. The molecular weight excluding hydrogens is 636 g/mol. The second-order valence-corrected chi connectivity index (χ2v) is 12.3. The first-order valence-corrected chi connectivity index (χ1v) is 17.1. The van der Waals surface area contributed by atoms with Crippen molar-refractivity contribution < 1.29 is 19.4 Å². The van der Waals surface area contributed by atoms with E-state index in [1.54, 1.807) is 0 Å². The van der Waals surface area contributed by atoms with E-state index in [-0.39, 0.29) is 18.8 Å². The third kappa shape index (κ3) is 8.66. The fraction of sp³-hybridized carbons (Fsp3) is 0.163. The van der Waals surface area contributed by atoms with E-state index >= 15 is 0 Å². The first-order valence-electron chi connectivity index (χ1n) is 17.1. The number of nitrogens with two attached hydrogens (primary N) is 1. The van der Waals surface area contributed by atoms with Crippen LogP contribution in [0.2, 0.25) is 0 Å². The van der Waals surface area contributed by atoms with Crippen molar-refractivity contribution in [1.82, 2.24) is 9.13 Å². The van der Waals surface area contributed by atoms with Crippen molar-refractivity contribution in [2.75, 3.05) is 17.7 Å². The molecule has 0 aliphatic carbocycles. The first-order chi connectivity index (χ1) is 24.9. The van der Waals surface area contributed by atoms with Gasteiger partial charge >= 0.3 is 11.9 Å². The summed E-state index contributed by atoms with van der Waals surface area (Å²) in [5, 5.41) is 14.8. The van der Waals surface area contributed by atoms with Gasteiger partial charge in [0.05, 0.1) is 19.4 Å². The summed E-state index contributed by atoms with van der Waals surface area (Å²) in [6.07, 6.45) is 4.30. The average molecular weight is 679 g/mol. The van der Waals surface area contributed by atoms with E-state index < -0.39 is 5.97 Å². The molecule has 0 radical (unpaired) electrons. The number of carbonyl (C=O) groups is 2. The summed E-state index contributed by atoms with van der Waals surface area (Å²) in [5.41, 5.74) is 15.3. The number of esters is 1. The van der Waals surface area contributed by atoms with E-state index in [1.807, 2.05) is 116 Å². The second-order valence-electron chi connectivity index (χ2n) is 12.3. The molecule has 0 spiro atoms. The van der Waals surface area contributed by atoms with Crippen LogP contribution in [-0.2, 0) is 46.8 Å². The van der Waals surface area contributed by atoms with Gasteiger partial charge in [-0.05, 0) is 59.0 Å². The Kier molecular flexibility index (Phi) is 11.1. The van der Waals surface area contributed by atoms with E-state index in [9.17, 15) is 14.7 Å². The van der Waals surface area contributed by atoms with Gasteiger partial charge in [0.2, 0.25) is 0 Å². The van der Waals surface area contributed by atoms with Crippen LogP contribution in [0.3, 0.4) is 0 Å². The predicted octanol–water partition coefficient (Wildman–Crippen LogP) is 8.31. The average Bonchev–Trinajstić information content (AvgIpc) is 3.66. The molecular formula is C43H42N4O4. The molecule has 0 saturated carbocycles. The van der Waals surface area contributed by atoms with E-state index in [2.05, 4.69) is 44.8 Å². The largest absolute Gasteiger partial charge is 0.481 e. The minimum absolute atomic E-state index is 0.0292. The zero-order valence-corrected chi connectivity index (χ0v) is 28.7. The third-order valence-electron chi connectivity index (χ3n) is 8.80. The van der Waals surface area contributed by atoms with Gasteiger partial charge in [-0.2, -0.15) is 0 Å². The number of fused-ring (bicyclic) bond motifs is 2. The maximum absolute atomic E-state index is 11.8. The van der Waals surface area contributed by atoms with Gasteiger partial charge < -0.3 is 30.0 Å². The van der Waals surface area contributed by atoms with Crippen molar-refractivity contribution in [1.29, 1.82) is 0 Å². The smallest absolute Gasteiger partial charge is 0.310 e. The number of anilines is 2. The van der Waals surface area contributed by atoms with Crippen LogP contribution in [-0.4, -0.2) is 32.8 Å². The topological polar surface area (TPSA) is 112 Å². The number of nitrogen functional groups attached to an aromatic ring is 1. The van der Waals surface area contributed by atoms with Crippen molar-refractivity contribution >= 4 is 45.1 Å². The number of ether oxygens (including phenoxy) is 1. The van der Waals surface area contributed by atoms with Gasteiger partial charge in [-0.3, -0.25) is 9.59 Å². The summed E-state index contributed by atoms with van der Waals surface area (Å²) in [5.74, 6) is -1.01. The number of carboxylic acid groups (broad SMARTS) is 1. The van der Waals surface area contributed by atoms with Crippen LogP contribution in [0.25, 0.3) is 21.8 Å². The van der Waals surface area contributed by atoms with Gasteiger partial charge in [-0.1, -0.05) is 103 Å². The number of aromatic nitrogens is 2. The number of rotatable bonds is 12. The Morgan fingerprint density at radius 1 is 0.647 bits per heavy atom. The molecule has 0 bridgehead atoms. The highest BCUT2D eigenvalue weighted by molar-refractivity contribution is 5.89. The van der Waals surface area contributed by atoms with Crippen LogP contribution in [0.5, 0.6) is 0 Å². The van der Waals surface area contributed by atoms with Crippen LogP contribution < -0.4 is 11.1 Å². The van der Waals surface area contributed by atoms with Crippen LogP contribution >= 0.6 is 0 Å². The van der Waals surface area contributed by atoms with E-state index in [4.69, 9.17) is 10.5 Å². The maximum atomic E-state index is 11.8. The Labute approximate surface area is 297 Å². The zero-order chi connectivity index (χ0) is 35.6. The zero-order valence-electron chi connectivity index (χ0n) is 28.7. The summed E-state index contributed by atoms with van der Waals surface area (Å²) >= 11 is 0. The van der Waals surface area contributed by atoms with Crippen LogP contribution in [0.15, 0.2) is 140 Å². The number of hydrogen-bond donors (Lipinski definition) is 3. The molecule has 7 rings (SSSR count). The summed E-state index contributed by atoms with van der Waals surface area (Å²) in [4.78, 5) is 23.1. The lowest BCUT2D eigenvalue weighted by atomic mass is 10.1. The molecule has 8 heteroatoms. The highest BCUT2D eigenvalue weighted by atomic mass is 16.5. The van der Waals surface area contributed by atoms with Crippen LogP contribution in [0.4, 0.5) is 11.4 Å². The maximum Gasteiger partial charge on any atom is 0.310 e. The molecule has 0 atom stereocenters. The number of nitrogens with one attached hydrogen (secondary N) is 1. The normalized spacial score (nSPS) is 10.8. The SMILES string of the molecule is CCOC(=O)Cc1cn(Cc2ccccc2N)c2ccccc12.O=C(O)Cc1cn(Cc2ccccc2NCc2ccccc2)c2ccccc12. The number of benzene rings is 5. The van der Waals surface area contributed by atoms with Crippen molar-refractivity contribution in [3.63, 3.8) is 0 Å². The van der Waals surface area contributed by atoms with E-state index in [0.29, 0.717) is 19.7 Å².